The van der Waals surface area contributed by atoms with Crippen LogP contribution in [0.1, 0.15) is 41.9 Å². The Kier molecular flexibility index (Phi) is 2.74. The molecule has 1 aliphatic rings. The largest absolute Gasteiger partial charge is 0.478 e. The van der Waals surface area contributed by atoms with Crippen molar-refractivity contribution in [3.05, 3.63) is 23.7 Å². The Labute approximate surface area is 104 Å². The fraction of sp³-hybridized carbons (Fsp3) is 0.462. The molecule has 1 aliphatic carbocycles. The molecule has 2 aromatic heterocycles. The maximum Gasteiger partial charge on any atom is 0.338 e. The molecule has 18 heavy (non-hydrogen) atoms. The Bertz CT molecular complexity index is 585. The van der Waals surface area contributed by atoms with Gasteiger partial charge in [-0.2, -0.15) is 0 Å². The second-order valence-electron chi connectivity index (χ2n) is 4.90. The summed E-state index contributed by atoms with van der Waals surface area (Å²) in [4.78, 5) is 22.7. The number of pyridine rings is 1. The normalized spacial score (nSPS) is 16.4. The van der Waals surface area contributed by atoms with Crippen LogP contribution < -0.4 is 0 Å². The maximum atomic E-state index is 11.1. The van der Waals surface area contributed by atoms with Crippen molar-refractivity contribution >= 4 is 17.1 Å². The number of carboxylic acid groups (broad SMARTS) is 1. The van der Waals surface area contributed by atoms with E-state index in [1.807, 2.05) is 0 Å². The Morgan fingerprint density at radius 3 is 2.94 bits per heavy atom. The molecule has 2 aromatic rings. The van der Waals surface area contributed by atoms with Crippen LogP contribution in [0.2, 0.25) is 0 Å². The van der Waals surface area contributed by atoms with Gasteiger partial charge < -0.3 is 10.1 Å². The molecule has 0 saturated heterocycles. The first-order valence-electron chi connectivity index (χ1n) is 6.31. The number of aromatic carboxylic acids is 1. The van der Waals surface area contributed by atoms with Gasteiger partial charge in [-0.3, -0.25) is 0 Å². The van der Waals surface area contributed by atoms with E-state index in [0.29, 0.717) is 17.1 Å². The summed E-state index contributed by atoms with van der Waals surface area (Å²) in [5, 5.41) is 9.10. The highest BCUT2D eigenvalue weighted by Gasteiger charge is 2.19. The van der Waals surface area contributed by atoms with Crippen LogP contribution in [0.5, 0.6) is 0 Å². The highest BCUT2D eigenvalue weighted by Crippen LogP contribution is 2.27. The summed E-state index contributed by atoms with van der Waals surface area (Å²) in [6.45, 7) is 0. The third kappa shape index (κ3) is 1.96. The van der Waals surface area contributed by atoms with Crippen LogP contribution in [0.15, 0.2) is 12.3 Å². The van der Waals surface area contributed by atoms with Crippen LogP contribution >= 0.6 is 0 Å². The number of fused-ring (bicyclic) bond motifs is 1. The molecule has 0 unspecified atom stereocenters. The van der Waals surface area contributed by atoms with Crippen molar-refractivity contribution in [2.75, 3.05) is 0 Å². The standard InChI is InChI=1S/C13H15N3O2/c17-13(18)9-5-6-14-12-11(9)15-10(16-12)7-8-3-1-2-4-8/h5-6,8H,1-4,7H2,(H,17,18)(H,14,15,16). The van der Waals surface area contributed by atoms with E-state index < -0.39 is 5.97 Å². The summed E-state index contributed by atoms with van der Waals surface area (Å²) < 4.78 is 0. The summed E-state index contributed by atoms with van der Waals surface area (Å²) in [5.74, 6) is 0.593. The highest BCUT2D eigenvalue weighted by molar-refractivity contribution is 5.99. The van der Waals surface area contributed by atoms with Gasteiger partial charge in [-0.25, -0.2) is 14.8 Å². The Morgan fingerprint density at radius 2 is 2.22 bits per heavy atom. The molecule has 1 saturated carbocycles. The number of rotatable bonds is 3. The number of imidazole rings is 1. The molecule has 0 aromatic carbocycles. The van der Waals surface area contributed by atoms with Crippen molar-refractivity contribution in [1.82, 2.24) is 15.0 Å². The third-order valence-corrected chi connectivity index (χ3v) is 3.63. The Morgan fingerprint density at radius 1 is 1.44 bits per heavy atom. The molecule has 3 rings (SSSR count). The molecule has 2 heterocycles. The average molecular weight is 245 g/mol. The average Bonchev–Trinajstić information content (AvgIpc) is 2.96. The molecule has 5 heteroatoms. The number of nitrogens with one attached hydrogen (secondary N) is 1. The van der Waals surface area contributed by atoms with E-state index in [9.17, 15) is 4.79 Å². The zero-order chi connectivity index (χ0) is 12.5. The van der Waals surface area contributed by atoms with Crippen LogP contribution in [-0.2, 0) is 6.42 Å². The Hall–Kier alpha value is -1.91. The van der Waals surface area contributed by atoms with E-state index in [1.54, 1.807) is 0 Å². The van der Waals surface area contributed by atoms with Gasteiger partial charge in [-0.15, -0.1) is 0 Å². The molecule has 94 valence electrons. The van der Waals surface area contributed by atoms with Gasteiger partial charge >= 0.3 is 5.97 Å². The van der Waals surface area contributed by atoms with Crippen LogP contribution in [0.4, 0.5) is 0 Å². The molecule has 1 fully saturated rings. The van der Waals surface area contributed by atoms with Crippen LogP contribution in [0, 0.1) is 5.92 Å². The van der Waals surface area contributed by atoms with E-state index in [1.165, 1.54) is 37.9 Å². The lowest BCUT2D eigenvalue weighted by molar-refractivity contribution is 0.0698. The predicted octanol–water partition coefficient (Wildman–Crippen LogP) is 2.39. The fourth-order valence-corrected chi connectivity index (χ4v) is 2.72. The zero-order valence-corrected chi connectivity index (χ0v) is 10.0. The minimum Gasteiger partial charge on any atom is -0.478 e. The SMILES string of the molecule is O=C(O)c1ccnc2nc(CC3CCCC3)[nH]c12. The number of H-pyrrole nitrogens is 1. The Balaban J connectivity index is 1.94. The summed E-state index contributed by atoms with van der Waals surface area (Å²) in [6.07, 6.45) is 7.47. The van der Waals surface area contributed by atoms with Crippen LogP contribution in [0.25, 0.3) is 11.2 Å². The first-order chi connectivity index (χ1) is 8.74. The lowest BCUT2D eigenvalue weighted by Gasteiger charge is -2.04. The topological polar surface area (TPSA) is 78.9 Å². The van der Waals surface area contributed by atoms with Gasteiger partial charge in [0.05, 0.1) is 11.1 Å². The number of aromatic amines is 1. The molecule has 0 spiro atoms. The van der Waals surface area contributed by atoms with Gasteiger partial charge in [0, 0.05) is 12.6 Å². The zero-order valence-electron chi connectivity index (χ0n) is 10.0. The number of hydrogen-bond donors (Lipinski definition) is 2. The molecular formula is C13H15N3O2. The third-order valence-electron chi connectivity index (χ3n) is 3.63. The van der Waals surface area contributed by atoms with Gasteiger partial charge in [0.25, 0.3) is 0 Å². The first-order valence-corrected chi connectivity index (χ1v) is 6.31. The minimum atomic E-state index is -0.946. The van der Waals surface area contributed by atoms with Crippen molar-refractivity contribution in [2.24, 2.45) is 5.92 Å². The van der Waals surface area contributed by atoms with Gasteiger partial charge in [-0.1, -0.05) is 25.7 Å². The van der Waals surface area contributed by atoms with Crippen molar-refractivity contribution < 1.29 is 9.90 Å². The van der Waals surface area contributed by atoms with Crippen molar-refractivity contribution in [1.29, 1.82) is 0 Å². The van der Waals surface area contributed by atoms with Gasteiger partial charge in [0.2, 0.25) is 0 Å². The minimum absolute atomic E-state index is 0.241. The van der Waals surface area contributed by atoms with Crippen molar-refractivity contribution in [2.45, 2.75) is 32.1 Å². The molecule has 0 radical (unpaired) electrons. The number of aromatic nitrogens is 3. The number of nitrogens with zero attached hydrogens (tertiary/aromatic N) is 2. The van der Waals surface area contributed by atoms with E-state index in [4.69, 9.17) is 5.11 Å². The molecule has 0 amide bonds. The number of carbonyl (C=O) groups is 1. The van der Waals surface area contributed by atoms with E-state index in [0.717, 1.165) is 12.2 Å². The van der Waals surface area contributed by atoms with E-state index in [-0.39, 0.29) is 5.56 Å². The van der Waals surface area contributed by atoms with Gasteiger partial charge in [0.1, 0.15) is 5.82 Å². The second-order valence-corrected chi connectivity index (χ2v) is 4.90. The van der Waals surface area contributed by atoms with Crippen molar-refractivity contribution in [3.63, 3.8) is 0 Å². The summed E-state index contributed by atoms with van der Waals surface area (Å²) in [7, 11) is 0. The van der Waals surface area contributed by atoms with Crippen LogP contribution in [0.3, 0.4) is 0 Å². The van der Waals surface area contributed by atoms with E-state index in [2.05, 4.69) is 15.0 Å². The van der Waals surface area contributed by atoms with E-state index >= 15 is 0 Å². The smallest absolute Gasteiger partial charge is 0.338 e. The molecule has 0 bridgehead atoms. The van der Waals surface area contributed by atoms with Crippen molar-refractivity contribution in [3.8, 4) is 0 Å². The number of carboxylic acids is 1. The quantitative estimate of drug-likeness (QED) is 0.870. The second kappa shape index (κ2) is 4.40. The molecule has 0 atom stereocenters. The summed E-state index contributed by atoms with van der Waals surface area (Å²) in [5.41, 5.74) is 1.28. The van der Waals surface area contributed by atoms with Gasteiger partial charge in [-0.05, 0) is 12.0 Å². The monoisotopic (exact) mass is 245 g/mol. The first kappa shape index (κ1) is 11.2. The summed E-state index contributed by atoms with van der Waals surface area (Å²) in [6, 6.07) is 1.50. The summed E-state index contributed by atoms with van der Waals surface area (Å²) >= 11 is 0. The molecule has 2 N–H and O–H groups in total. The molecule has 5 nitrogen and oxygen atoms in total. The maximum absolute atomic E-state index is 11.1. The molecule has 0 aliphatic heterocycles. The van der Waals surface area contributed by atoms with Crippen LogP contribution in [-0.4, -0.2) is 26.0 Å². The number of hydrogen-bond acceptors (Lipinski definition) is 3. The lowest BCUT2D eigenvalue weighted by atomic mass is 10.0. The molecular weight excluding hydrogens is 230 g/mol. The highest BCUT2D eigenvalue weighted by atomic mass is 16.4. The van der Waals surface area contributed by atoms with Gasteiger partial charge in [0.15, 0.2) is 5.65 Å². The fourth-order valence-electron chi connectivity index (χ4n) is 2.72. The predicted molar refractivity (Wildman–Crippen MR) is 66.5 cm³/mol. The lowest BCUT2D eigenvalue weighted by Crippen LogP contribution is -2.00.